The minimum atomic E-state index is 0.504. The van der Waals surface area contributed by atoms with Gasteiger partial charge < -0.3 is 15.2 Å². The molecule has 18 heavy (non-hydrogen) atoms. The van der Waals surface area contributed by atoms with Gasteiger partial charge in [0, 0.05) is 5.56 Å². The molecular formula is C12H13BrN2O2S. The zero-order valence-electron chi connectivity index (χ0n) is 10.3. The second-order valence-electron chi connectivity index (χ2n) is 3.70. The van der Waals surface area contributed by atoms with E-state index in [9.17, 15) is 0 Å². The fraction of sp³-hybridized carbons (Fsp3) is 0.250. The molecular weight excluding hydrogens is 316 g/mol. The normalized spacial score (nSPS) is 10.4. The number of nitrogens with zero attached hydrogens (tertiary/aromatic N) is 1. The minimum absolute atomic E-state index is 0.504. The molecule has 0 unspecified atom stereocenters. The van der Waals surface area contributed by atoms with Crippen molar-refractivity contribution in [3.63, 3.8) is 0 Å². The van der Waals surface area contributed by atoms with Gasteiger partial charge in [-0.1, -0.05) is 0 Å². The average Bonchev–Trinajstić information content (AvgIpc) is 2.69. The SMILES string of the molecule is COc1cc(C)c(-c2nc(N)c(Br)s2)cc1OC. The summed E-state index contributed by atoms with van der Waals surface area (Å²) < 4.78 is 11.4. The van der Waals surface area contributed by atoms with Crippen LogP contribution in [0, 0.1) is 6.92 Å². The van der Waals surface area contributed by atoms with Crippen molar-refractivity contribution in [1.82, 2.24) is 4.98 Å². The first-order valence-corrected chi connectivity index (χ1v) is 6.82. The van der Waals surface area contributed by atoms with E-state index in [1.54, 1.807) is 14.2 Å². The lowest BCUT2D eigenvalue weighted by Crippen LogP contribution is -1.93. The molecule has 0 spiro atoms. The first-order chi connectivity index (χ1) is 8.56. The molecule has 0 fully saturated rings. The fourth-order valence-electron chi connectivity index (χ4n) is 1.64. The average molecular weight is 329 g/mol. The third kappa shape index (κ3) is 2.30. The number of anilines is 1. The molecule has 2 N–H and O–H groups in total. The molecule has 0 saturated heterocycles. The number of hydrogen-bond acceptors (Lipinski definition) is 5. The van der Waals surface area contributed by atoms with Gasteiger partial charge in [-0.2, -0.15) is 0 Å². The number of hydrogen-bond donors (Lipinski definition) is 1. The molecule has 0 bridgehead atoms. The van der Waals surface area contributed by atoms with Crippen LogP contribution in [0.3, 0.4) is 0 Å². The number of ether oxygens (including phenoxy) is 2. The molecule has 0 radical (unpaired) electrons. The lowest BCUT2D eigenvalue weighted by Gasteiger charge is -2.11. The van der Waals surface area contributed by atoms with Gasteiger partial charge in [-0.3, -0.25) is 0 Å². The number of thiazole rings is 1. The summed E-state index contributed by atoms with van der Waals surface area (Å²) in [4.78, 5) is 4.33. The topological polar surface area (TPSA) is 57.4 Å². The van der Waals surface area contributed by atoms with Gasteiger partial charge in [0.2, 0.25) is 0 Å². The van der Waals surface area contributed by atoms with Crippen molar-refractivity contribution in [2.45, 2.75) is 6.92 Å². The summed E-state index contributed by atoms with van der Waals surface area (Å²) in [5.41, 5.74) is 7.81. The molecule has 1 aromatic carbocycles. The van der Waals surface area contributed by atoms with Crippen molar-refractivity contribution in [2.75, 3.05) is 20.0 Å². The molecule has 0 amide bonds. The molecule has 96 valence electrons. The molecule has 0 aliphatic carbocycles. The van der Waals surface area contributed by atoms with Gasteiger partial charge in [0.15, 0.2) is 11.5 Å². The Morgan fingerprint density at radius 3 is 2.33 bits per heavy atom. The third-order valence-electron chi connectivity index (χ3n) is 2.57. The highest BCUT2D eigenvalue weighted by Crippen LogP contribution is 2.39. The maximum Gasteiger partial charge on any atom is 0.161 e. The van der Waals surface area contributed by atoms with Crippen LogP contribution in [0.4, 0.5) is 5.82 Å². The van der Waals surface area contributed by atoms with E-state index in [0.717, 1.165) is 19.9 Å². The highest BCUT2D eigenvalue weighted by Gasteiger charge is 2.14. The lowest BCUT2D eigenvalue weighted by atomic mass is 10.1. The summed E-state index contributed by atoms with van der Waals surface area (Å²) in [6.07, 6.45) is 0. The second kappa shape index (κ2) is 5.16. The van der Waals surface area contributed by atoms with E-state index in [1.807, 2.05) is 19.1 Å². The van der Waals surface area contributed by atoms with Gasteiger partial charge in [-0.15, -0.1) is 11.3 Å². The van der Waals surface area contributed by atoms with Gasteiger partial charge in [0.05, 0.1) is 14.2 Å². The Morgan fingerprint density at radius 2 is 1.83 bits per heavy atom. The van der Waals surface area contributed by atoms with Crippen LogP contribution in [0.5, 0.6) is 11.5 Å². The van der Waals surface area contributed by atoms with Crippen LogP contribution < -0.4 is 15.2 Å². The van der Waals surface area contributed by atoms with Crippen LogP contribution in [0.2, 0.25) is 0 Å². The van der Waals surface area contributed by atoms with Crippen molar-refractivity contribution >= 4 is 33.1 Å². The van der Waals surface area contributed by atoms with Gasteiger partial charge in [0.25, 0.3) is 0 Å². The Morgan fingerprint density at radius 1 is 1.22 bits per heavy atom. The van der Waals surface area contributed by atoms with Crippen molar-refractivity contribution in [1.29, 1.82) is 0 Å². The van der Waals surface area contributed by atoms with E-state index in [0.29, 0.717) is 17.3 Å². The highest BCUT2D eigenvalue weighted by atomic mass is 79.9. The first kappa shape index (κ1) is 13.2. The Balaban J connectivity index is 2.57. The molecule has 1 heterocycles. The highest BCUT2D eigenvalue weighted by molar-refractivity contribution is 9.11. The zero-order valence-corrected chi connectivity index (χ0v) is 12.7. The van der Waals surface area contributed by atoms with Crippen LogP contribution in [-0.2, 0) is 0 Å². The van der Waals surface area contributed by atoms with Crippen LogP contribution >= 0.6 is 27.3 Å². The van der Waals surface area contributed by atoms with E-state index >= 15 is 0 Å². The predicted octanol–water partition coefficient (Wildman–Crippen LogP) is 3.48. The van der Waals surface area contributed by atoms with Gasteiger partial charge >= 0.3 is 0 Å². The number of nitrogen functional groups attached to an aromatic ring is 1. The minimum Gasteiger partial charge on any atom is -0.493 e. The molecule has 4 nitrogen and oxygen atoms in total. The molecule has 0 saturated carbocycles. The molecule has 6 heteroatoms. The molecule has 1 aromatic heterocycles. The summed E-state index contributed by atoms with van der Waals surface area (Å²) in [5.74, 6) is 1.90. The molecule has 2 aromatic rings. The molecule has 0 aliphatic heterocycles. The van der Waals surface area contributed by atoms with Crippen molar-refractivity contribution < 1.29 is 9.47 Å². The first-order valence-electron chi connectivity index (χ1n) is 5.21. The Hall–Kier alpha value is -1.27. The summed E-state index contributed by atoms with van der Waals surface area (Å²) in [5, 5.41) is 0.859. The number of halogens is 1. The number of aryl methyl sites for hydroxylation is 1. The Labute approximate surface area is 118 Å². The quantitative estimate of drug-likeness (QED) is 0.937. The van der Waals surface area contributed by atoms with Crippen LogP contribution in [0.25, 0.3) is 10.6 Å². The summed E-state index contributed by atoms with van der Waals surface area (Å²) in [6, 6.07) is 3.85. The Bertz CT molecular complexity index is 564. The number of methoxy groups -OCH3 is 2. The van der Waals surface area contributed by atoms with E-state index in [2.05, 4.69) is 20.9 Å². The van der Waals surface area contributed by atoms with E-state index in [1.165, 1.54) is 11.3 Å². The number of rotatable bonds is 3. The fourth-order valence-corrected chi connectivity index (χ4v) is 2.98. The monoisotopic (exact) mass is 328 g/mol. The van der Waals surface area contributed by atoms with Crippen molar-refractivity contribution in [2.24, 2.45) is 0 Å². The summed E-state index contributed by atoms with van der Waals surface area (Å²) in [7, 11) is 3.23. The number of nitrogens with two attached hydrogens (primary N) is 1. The Kier molecular flexibility index (Phi) is 3.77. The summed E-state index contributed by atoms with van der Waals surface area (Å²) >= 11 is 4.88. The zero-order chi connectivity index (χ0) is 13.3. The predicted molar refractivity (Wildman–Crippen MR) is 77.5 cm³/mol. The lowest BCUT2D eigenvalue weighted by molar-refractivity contribution is 0.355. The molecule has 0 aliphatic rings. The van der Waals surface area contributed by atoms with Gasteiger partial charge in [-0.05, 0) is 40.5 Å². The van der Waals surface area contributed by atoms with Crippen molar-refractivity contribution in [3.8, 4) is 22.1 Å². The van der Waals surface area contributed by atoms with E-state index in [4.69, 9.17) is 15.2 Å². The van der Waals surface area contributed by atoms with E-state index < -0.39 is 0 Å². The largest absolute Gasteiger partial charge is 0.493 e. The molecule has 0 atom stereocenters. The van der Waals surface area contributed by atoms with Crippen LogP contribution in [0.1, 0.15) is 5.56 Å². The van der Waals surface area contributed by atoms with Crippen LogP contribution in [0.15, 0.2) is 15.9 Å². The smallest absolute Gasteiger partial charge is 0.161 e. The second-order valence-corrected chi connectivity index (χ2v) is 6.02. The van der Waals surface area contributed by atoms with Gasteiger partial charge in [0.1, 0.15) is 14.6 Å². The number of benzene rings is 1. The van der Waals surface area contributed by atoms with E-state index in [-0.39, 0.29) is 0 Å². The van der Waals surface area contributed by atoms with Gasteiger partial charge in [-0.25, -0.2) is 4.98 Å². The third-order valence-corrected chi connectivity index (χ3v) is 4.36. The number of aromatic nitrogens is 1. The maximum atomic E-state index is 5.75. The standard InChI is InChI=1S/C12H13BrN2O2S/c1-6-4-8(16-2)9(17-3)5-7(6)12-15-11(14)10(13)18-12/h4-5H,14H2,1-3H3. The molecule has 2 rings (SSSR count). The summed E-state index contributed by atoms with van der Waals surface area (Å²) in [6.45, 7) is 2.00. The van der Waals surface area contributed by atoms with Crippen molar-refractivity contribution in [3.05, 3.63) is 21.5 Å². The van der Waals surface area contributed by atoms with Crippen LogP contribution in [-0.4, -0.2) is 19.2 Å². The maximum absolute atomic E-state index is 5.75.